The second kappa shape index (κ2) is 5.99. The predicted octanol–water partition coefficient (Wildman–Crippen LogP) is 3.20. The Morgan fingerprint density at radius 2 is 2.05 bits per heavy atom. The van der Waals surface area contributed by atoms with E-state index >= 15 is 0 Å². The molecule has 1 saturated carbocycles. The van der Waals surface area contributed by atoms with Crippen LogP contribution in [0.1, 0.15) is 18.4 Å². The molecule has 0 atom stereocenters. The third kappa shape index (κ3) is 3.62. The van der Waals surface area contributed by atoms with Crippen LogP contribution in [-0.2, 0) is 6.54 Å². The van der Waals surface area contributed by atoms with Crippen LogP contribution in [-0.4, -0.2) is 11.6 Å². The minimum absolute atomic E-state index is 0.231. The van der Waals surface area contributed by atoms with E-state index in [1.165, 1.54) is 18.9 Å². The standard InChI is InChI=1S/C16H18FN3O/c17-13-4-2-1-3-12(13)9-19-15-8-7-14(18)16(20-15)21-10-11-5-6-11/h1-4,7-8,11H,5-6,9-10,18H2,(H,19,20). The van der Waals surface area contributed by atoms with Gasteiger partial charge in [-0.05, 0) is 37.0 Å². The highest BCUT2D eigenvalue weighted by molar-refractivity contribution is 5.53. The highest BCUT2D eigenvalue weighted by atomic mass is 19.1. The highest BCUT2D eigenvalue weighted by Crippen LogP contribution is 2.30. The van der Waals surface area contributed by atoms with Crippen LogP contribution in [0.15, 0.2) is 36.4 Å². The zero-order valence-corrected chi connectivity index (χ0v) is 11.7. The van der Waals surface area contributed by atoms with Gasteiger partial charge in [-0.25, -0.2) is 4.39 Å². The average Bonchev–Trinajstić information content (AvgIpc) is 3.31. The fourth-order valence-electron chi connectivity index (χ4n) is 1.97. The van der Waals surface area contributed by atoms with Crippen molar-refractivity contribution < 1.29 is 9.13 Å². The maximum absolute atomic E-state index is 13.5. The van der Waals surface area contributed by atoms with Crippen molar-refractivity contribution in [2.24, 2.45) is 5.92 Å². The van der Waals surface area contributed by atoms with E-state index in [2.05, 4.69) is 10.3 Å². The largest absolute Gasteiger partial charge is 0.476 e. The van der Waals surface area contributed by atoms with Crippen molar-refractivity contribution in [3.8, 4) is 5.88 Å². The molecule has 1 aromatic carbocycles. The number of hydrogen-bond acceptors (Lipinski definition) is 4. The van der Waals surface area contributed by atoms with Gasteiger partial charge in [-0.15, -0.1) is 0 Å². The second-order valence-electron chi connectivity index (χ2n) is 5.29. The van der Waals surface area contributed by atoms with Crippen LogP contribution in [0, 0.1) is 11.7 Å². The molecule has 1 heterocycles. The number of nitrogens with two attached hydrogens (primary N) is 1. The summed E-state index contributed by atoms with van der Waals surface area (Å²) in [6.45, 7) is 1.03. The van der Waals surface area contributed by atoms with Gasteiger partial charge in [-0.1, -0.05) is 18.2 Å². The molecule has 1 fully saturated rings. The summed E-state index contributed by atoms with van der Waals surface area (Å²) in [6.07, 6.45) is 2.43. The summed E-state index contributed by atoms with van der Waals surface area (Å²) >= 11 is 0. The Morgan fingerprint density at radius 3 is 2.81 bits per heavy atom. The number of ether oxygens (including phenoxy) is 1. The quantitative estimate of drug-likeness (QED) is 0.856. The van der Waals surface area contributed by atoms with Crippen LogP contribution in [0.2, 0.25) is 0 Å². The summed E-state index contributed by atoms with van der Waals surface area (Å²) in [7, 11) is 0. The lowest BCUT2D eigenvalue weighted by Gasteiger charge is -2.11. The third-order valence-electron chi connectivity index (χ3n) is 3.46. The molecule has 0 bridgehead atoms. The average molecular weight is 287 g/mol. The Kier molecular flexibility index (Phi) is 3.90. The lowest BCUT2D eigenvalue weighted by atomic mass is 10.2. The van der Waals surface area contributed by atoms with Crippen molar-refractivity contribution in [3.05, 3.63) is 47.8 Å². The van der Waals surface area contributed by atoms with Crippen molar-refractivity contribution in [3.63, 3.8) is 0 Å². The molecule has 5 heteroatoms. The van der Waals surface area contributed by atoms with Crippen LogP contribution in [0.4, 0.5) is 15.9 Å². The number of pyridine rings is 1. The van der Waals surface area contributed by atoms with Gasteiger partial charge in [-0.3, -0.25) is 0 Å². The van der Waals surface area contributed by atoms with E-state index in [0.29, 0.717) is 42.0 Å². The van der Waals surface area contributed by atoms with Crippen LogP contribution in [0.5, 0.6) is 5.88 Å². The molecule has 1 aromatic heterocycles. The second-order valence-corrected chi connectivity index (χ2v) is 5.29. The van der Waals surface area contributed by atoms with Gasteiger partial charge < -0.3 is 15.8 Å². The summed E-state index contributed by atoms with van der Waals surface area (Å²) < 4.78 is 19.2. The van der Waals surface area contributed by atoms with Gasteiger partial charge >= 0.3 is 0 Å². The molecule has 0 unspecified atom stereocenters. The van der Waals surface area contributed by atoms with Crippen molar-refractivity contribution in [2.45, 2.75) is 19.4 Å². The normalized spacial score (nSPS) is 14.0. The SMILES string of the molecule is Nc1ccc(NCc2ccccc2F)nc1OCC1CC1. The molecule has 2 aromatic rings. The van der Waals surface area contributed by atoms with Crippen LogP contribution >= 0.6 is 0 Å². The van der Waals surface area contributed by atoms with E-state index in [4.69, 9.17) is 10.5 Å². The maximum Gasteiger partial charge on any atom is 0.239 e. The number of hydrogen-bond donors (Lipinski definition) is 2. The molecule has 1 aliphatic carbocycles. The monoisotopic (exact) mass is 287 g/mol. The smallest absolute Gasteiger partial charge is 0.239 e. The highest BCUT2D eigenvalue weighted by Gasteiger charge is 2.22. The van der Waals surface area contributed by atoms with E-state index in [1.807, 2.05) is 0 Å². The maximum atomic E-state index is 13.5. The number of anilines is 2. The minimum atomic E-state index is -0.231. The first-order valence-corrected chi connectivity index (χ1v) is 7.09. The minimum Gasteiger partial charge on any atom is -0.476 e. The van der Waals surface area contributed by atoms with Crippen LogP contribution in [0.3, 0.4) is 0 Å². The van der Waals surface area contributed by atoms with Crippen molar-refractivity contribution >= 4 is 11.5 Å². The van der Waals surface area contributed by atoms with Crippen molar-refractivity contribution in [1.82, 2.24) is 4.98 Å². The topological polar surface area (TPSA) is 60.2 Å². The number of benzene rings is 1. The van der Waals surface area contributed by atoms with Gasteiger partial charge in [0.1, 0.15) is 11.6 Å². The molecule has 0 spiro atoms. The molecule has 3 rings (SSSR count). The molecular weight excluding hydrogens is 269 g/mol. The third-order valence-corrected chi connectivity index (χ3v) is 3.46. The molecule has 110 valence electrons. The molecule has 0 aliphatic heterocycles. The molecule has 1 aliphatic rings. The van der Waals surface area contributed by atoms with Gasteiger partial charge in [-0.2, -0.15) is 4.98 Å². The van der Waals surface area contributed by atoms with E-state index in [1.54, 1.807) is 30.3 Å². The van der Waals surface area contributed by atoms with Gasteiger partial charge in [0.25, 0.3) is 0 Å². The molecule has 0 saturated heterocycles. The van der Waals surface area contributed by atoms with Crippen LogP contribution in [0.25, 0.3) is 0 Å². The molecule has 3 N–H and O–H groups in total. The van der Waals surface area contributed by atoms with E-state index < -0.39 is 0 Å². The lowest BCUT2D eigenvalue weighted by Crippen LogP contribution is -2.07. The van der Waals surface area contributed by atoms with Gasteiger partial charge in [0.05, 0.1) is 12.3 Å². The molecule has 0 radical (unpaired) electrons. The number of aromatic nitrogens is 1. The summed E-state index contributed by atoms with van der Waals surface area (Å²) in [6, 6.07) is 10.2. The Bertz CT molecular complexity index is 629. The van der Waals surface area contributed by atoms with Gasteiger partial charge in [0.15, 0.2) is 0 Å². The molecule has 21 heavy (non-hydrogen) atoms. The summed E-state index contributed by atoms with van der Waals surface area (Å²) in [5, 5.41) is 3.09. The van der Waals surface area contributed by atoms with Crippen molar-refractivity contribution in [2.75, 3.05) is 17.7 Å². The lowest BCUT2D eigenvalue weighted by molar-refractivity contribution is 0.290. The van der Waals surface area contributed by atoms with E-state index in [-0.39, 0.29) is 5.82 Å². The zero-order valence-electron chi connectivity index (χ0n) is 11.7. The Labute approximate surface area is 123 Å². The fraction of sp³-hybridized carbons (Fsp3) is 0.312. The van der Waals surface area contributed by atoms with E-state index in [9.17, 15) is 4.39 Å². The fourth-order valence-corrected chi connectivity index (χ4v) is 1.97. The summed E-state index contributed by atoms with van der Waals surface area (Å²) in [5.41, 5.74) is 6.97. The van der Waals surface area contributed by atoms with Crippen molar-refractivity contribution in [1.29, 1.82) is 0 Å². The molecule has 0 amide bonds. The van der Waals surface area contributed by atoms with Gasteiger partial charge in [0.2, 0.25) is 5.88 Å². The molecule has 4 nitrogen and oxygen atoms in total. The summed E-state index contributed by atoms with van der Waals surface area (Å²) in [5.74, 6) is 1.48. The first-order chi connectivity index (χ1) is 10.2. The number of nitrogens with one attached hydrogen (secondary N) is 1. The number of nitrogen functional groups attached to an aromatic ring is 1. The predicted molar refractivity (Wildman–Crippen MR) is 80.6 cm³/mol. The Hall–Kier alpha value is -2.30. The van der Waals surface area contributed by atoms with Gasteiger partial charge in [0, 0.05) is 12.1 Å². The number of halogens is 1. The summed E-state index contributed by atoms with van der Waals surface area (Å²) in [4.78, 5) is 4.34. The molecular formula is C16H18FN3O. The number of rotatable bonds is 6. The Balaban J connectivity index is 1.64. The van der Waals surface area contributed by atoms with E-state index in [0.717, 1.165) is 0 Å². The van der Waals surface area contributed by atoms with Crippen LogP contribution < -0.4 is 15.8 Å². The Morgan fingerprint density at radius 1 is 1.24 bits per heavy atom. The first kappa shape index (κ1) is 13.7. The first-order valence-electron chi connectivity index (χ1n) is 7.09. The zero-order chi connectivity index (χ0) is 14.7. The number of nitrogens with zero attached hydrogens (tertiary/aromatic N) is 1.